The summed E-state index contributed by atoms with van der Waals surface area (Å²) in [5.74, 6) is -0.717. The van der Waals surface area contributed by atoms with Crippen LogP contribution in [-0.2, 0) is 5.41 Å². The van der Waals surface area contributed by atoms with E-state index in [1.54, 1.807) is 6.92 Å². The van der Waals surface area contributed by atoms with Gasteiger partial charge in [-0.2, -0.15) is 4.98 Å². The molecule has 3 aromatic rings. The van der Waals surface area contributed by atoms with Gasteiger partial charge in [0.05, 0.1) is 29.5 Å². The molecule has 2 heterocycles. The summed E-state index contributed by atoms with van der Waals surface area (Å²) in [6, 6.07) is 4.54. The number of fused-ring (bicyclic) bond motifs is 1. The van der Waals surface area contributed by atoms with Crippen molar-refractivity contribution in [2.45, 2.75) is 44.1 Å². The highest BCUT2D eigenvalue weighted by molar-refractivity contribution is 5.88. The van der Waals surface area contributed by atoms with Crippen molar-refractivity contribution in [2.24, 2.45) is 0 Å². The van der Waals surface area contributed by atoms with E-state index in [2.05, 4.69) is 20.3 Å². The maximum atomic E-state index is 14.5. The van der Waals surface area contributed by atoms with E-state index < -0.39 is 35.7 Å². The molecule has 0 aliphatic heterocycles. The zero-order chi connectivity index (χ0) is 22.3. The first-order chi connectivity index (χ1) is 14.8. The van der Waals surface area contributed by atoms with E-state index in [-0.39, 0.29) is 28.5 Å². The number of hydrogen-bond donors (Lipinski definition) is 1. The lowest BCUT2D eigenvalue weighted by atomic mass is 9.96. The number of anilines is 1. The first-order valence-electron chi connectivity index (χ1n) is 9.60. The molecule has 0 amide bonds. The Morgan fingerprint density at radius 2 is 1.81 bits per heavy atom. The number of rotatable bonds is 7. The Kier molecular flexibility index (Phi) is 5.40. The van der Waals surface area contributed by atoms with Crippen molar-refractivity contribution in [1.29, 1.82) is 0 Å². The van der Waals surface area contributed by atoms with Gasteiger partial charge in [-0.05, 0) is 25.8 Å². The number of alkyl halides is 4. The first-order valence-corrected chi connectivity index (χ1v) is 9.60. The average Bonchev–Trinajstić information content (AvgIpc) is 3.55. The fourth-order valence-corrected chi connectivity index (χ4v) is 3.69. The van der Waals surface area contributed by atoms with Gasteiger partial charge in [0.2, 0.25) is 12.3 Å². The lowest BCUT2D eigenvalue weighted by molar-refractivity contribution is 0.100. The van der Waals surface area contributed by atoms with Crippen LogP contribution in [0.4, 0.5) is 27.8 Å². The van der Waals surface area contributed by atoms with Gasteiger partial charge >= 0.3 is 0 Å². The molecule has 4 rings (SSSR count). The molecule has 0 bridgehead atoms. The van der Waals surface area contributed by atoms with Crippen LogP contribution in [0.25, 0.3) is 11.0 Å². The molecule has 0 spiro atoms. The van der Waals surface area contributed by atoms with E-state index >= 15 is 0 Å². The third-order valence-corrected chi connectivity index (χ3v) is 5.64. The SMILES string of the molecule is COc1nc2ncnc(N[C@H](C)c3cccc(C(F)F)c3F)c2cc1C1(C(F)F)CC1. The van der Waals surface area contributed by atoms with E-state index in [0.29, 0.717) is 18.2 Å². The molecular formula is C21H19F5N4O. The molecule has 2 aromatic heterocycles. The molecule has 5 nitrogen and oxygen atoms in total. The van der Waals surface area contributed by atoms with E-state index in [4.69, 9.17) is 4.74 Å². The van der Waals surface area contributed by atoms with Crippen molar-refractivity contribution in [1.82, 2.24) is 15.0 Å². The summed E-state index contributed by atoms with van der Waals surface area (Å²) in [4.78, 5) is 12.5. The molecule has 0 unspecified atom stereocenters. The summed E-state index contributed by atoms with van der Waals surface area (Å²) in [6.45, 7) is 1.58. The van der Waals surface area contributed by atoms with Crippen molar-refractivity contribution in [3.8, 4) is 5.88 Å². The number of nitrogens with one attached hydrogen (secondary N) is 1. The van der Waals surface area contributed by atoms with Gasteiger partial charge in [0.15, 0.2) is 5.65 Å². The van der Waals surface area contributed by atoms with Crippen LogP contribution in [0.2, 0.25) is 0 Å². The number of benzene rings is 1. The fraction of sp³-hybridized carbons (Fsp3) is 0.381. The molecule has 1 aliphatic carbocycles. The van der Waals surface area contributed by atoms with Crippen LogP contribution in [0.1, 0.15) is 48.9 Å². The van der Waals surface area contributed by atoms with Crippen LogP contribution in [0, 0.1) is 5.82 Å². The molecule has 1 fully saturated rings. The topological polar surface area (TPSA) is 59.9 Å². The summed E-state index contributed by atoms with van der Waals surface area (Å²) < 4.78 is 73.3. The number of methoxy groups -OCH3 is 1. The lowest BCUT2D eigenvalue weighted by Crippen LogP contribution is -2.19. The normalized spacial score (nSPS) is 16.0. The third kappa shape index (κ3) is 3.64. The quantitative estimate of drug-likeness (QED) is 0.488. The Morgan fingerprint density at radius 1 is 1.10 bits per heavy atom. The van der Waals surface area contributed by atoms with Gasteiger partial charge in [0, 0.05) is 11.1 Å². The number of pyridine rings is 1. The molecule has 0 saturated heterocycles. The molecule has 10 heteroatoms. The van der Waals surface area contributed by atoms with Gasteiger partial charge in [-0.25, -0.2) is 31.9 Å². The minimum Gasteiger partial charge on any atom is -0.481 e. The largest absolute Gasteiger partial charge is 0.481 e. The number of aromatic nitrogens is 3. The summed E-state index contributed by atoms with van der Waals surface area (Å²) >= 11 is 0. The van der Waals surface area contributed by atoms with Gasteiger partial charge in [-0.1, -0.05) is 18.2 Å². The zero-order valence-electron chi connectivity index (χ0n) is 16.7. The summed E-state index contributed by atoms with van der Waals surface area (Å²) in [6.07, 6.45) is -3.73. The summed E-state index contributed by atoms with van der Waals surface area (Å²) in [5, 5.41) is 3.32. The van der Waals surface area contributed by atoms with Crippen LogP contribution in [0.3, 0.4) is 0 Å². The predicted molar refractivity (Wildman–Crippen MR) is 104 cm³/mol. The highest BCUT2D eigenvalue weighted by Crippen LogP contribution is 2.55. The monoisotopic (exact) mass is 438 g/mol. The number of halogens is 5. The van der Waals surface area contributed by atoms with Gasteiger partial charge < -0.3 is 10.1 Å². The minimum absolute atomic E-state index is 0.0255. The van der Waals surface area contributed by atoms with Crippen LogP contribution in [0.5, 0.6) is 5.88 Å². The smallest absolute Gasteiger partial charge is 0.266 e. The Balaban J connectivity index is 1.76. The fourth-order valence-electron chi connectivity index (χ4n) is 3.69. The first kappa shape index (κ1) is 21.2. The van der Waals surface area contributed by atoms with E-state index in [1.807, 2.05) is 0 Å². The molecular weight excluding hydrogens is 419 g/mol. The summed E-state index contributed by atoms with van der Waals surface area (Å²) in [7, 11) is 1.35. The molecule has 1 saturated carbocycles. The lowest BCUT2D eigenvalue weighted by Gasteiger charge is -2.20. The second-order valence-corrected chi connectivity index (χ2v) is 7.51. The zero-order valence-corrected chi connectivity index (χ0v) is 16.7. The predicted octanol–water partition coefficient (Wildman–Crippen LogP) is 5.58. The Labute approximate surface area is 174 Å². The van der Waals surface area contributed by atoms with Crippen LogP contribution in [-0.4, -0.2) is 28.5 Å². The van der Waals surface area contributed by atoms with Crippen LogP contribution in [0.15, 0.2) is 30.6 Å². The number of hydrogen-bond acceptors (Lipinski definition) is 5. The molecule has 1 atom stereocenters. The van der Waals surface area contributed by atoms with Crippen molar-refractivity contribution in [3.63, 3.8) is 0 Å². The van der Waals surface area contributed by atoms with Crippen LogP contribution < -0.4 is 10.1 Å². The molecule has 1 aliphatic rings. The van der Waals surface area contributed by atoms with Crippen molar-refractivity contribution in [3.05, 3.63) is 53.1 Å². The minimum atomic E-state index is -2.95. The molecule has 0 radical (unpaired) electrons. The average molecular weight is 438 g/mol. The number of ether oxygens (including phenoxy) is 1. The maximum Gasteiger partial charge on any atom is 0.266 e. The maximum absolute atomic E-state index is 14.5. The Hall–Kier alpha value is -3.04. The molecule has 1 aromatic carbocycles. The Bertz CT molecular complexity index is 1120. The van der Waals surface area contributed by atoms with E-state index in [9.17, 15) is 22.0 Å². The second kappa shape index (κ2) is 7.90. The highest BCUT2D eigenvalue weighted by atomic mass is 19.3. The van der Waals surface area contributed by atoms with Crippen molar-refractivity contribution < 1.29 is 26.7 Å². The van der Waals surface area contributed by atoms with Crippen molar-refractivity contribution in [2.75, 3.05) is 12.4 Å². The Morgan fingerprint density at radius 3 is 2.42 bits per heavy atom. The summed E-state index contributed by atoms with van der Waals surface area (Å²) in [5.41, 5.74) is -1.54. The molecule has 164 valence electrons. The van der Waals surface area contributed by atoms with Crippen LogP contribution >= 0.6 is 0 Å². The standard InChI is InChI=1S/C21H19F5N4O/c1-10(11-4-3-5-12(15(11)22)16(23)24)29-17-13-8-14(21(6-7-21)20(25)26)19(31-2)30-18(13)28-9-27-17/h3-5,8-10,16,20H,6-7H2,1-2H3,(H,27,28,29,30)/t10-/m1/s1. The number of nitrogens with zero attached hydrogens (tertiary/aromatic N) is 3. The molecule has 31 heavy (non-hydrogen) atoms. The highest BCUT2D eigenvalue weighted by Gasteiger charge is 2.54. The van der Waals surface area contributed by atoms with Gasteiger partial charge in [-0.3, -0.25) is 0 Å². The van der Waals surface area contributed by atoms with E-state index in [1.165, 1.54) is 31.6 Å². The third-order valence-electron chi connectivity index (χ3n) is 5.64. The second-order valence-electron chi connectivity index (χ2n) is 7.51. The van der Waals surface area contributed by atoms with Gasteiger partial charge in [0.25, 0.3) is 6.43 Å². The van der Waals surface area contributed by atoms with Crippen molar-refractivity contribution >= 4 is 16.9 Å². The molecule has 1 N–H and O–H groups in total. The van der Waals surface area contributed by atoms with Gasteiger partial charge in [0.1, 0.15) is 18.0 Å². The van der Waals surface area contributed by atoms with Gasteiger partial charge in [-0.15, -0.1) is 0 Å². The van der Waals surface area contributed by atoms with E-state index in [0.717, 1.165) is 6.07 Å².